The number of anilines is 2. The lowest BCUT2D eigenvalue weighted by Crippen LogP contribution is -2.35. The van der Waals surface area contributed by atoms with Gasteiger partial charge in [0, 0.05) is 11.3 Å². The zero-order chi connectivity index (χ0) is 24.2. The van der Waals surface area contributed by atoms with Crippen LogP contribution in [0.2, 0.25) is 0 Å². The summed E-state index contributed by atoms with van der Waals surface area (Å²) >= 11 is 0. The lowest BCUT2D eigenvalue weighted by Gasteiger charge is -2.14. The normalized spacial score (nSPS) is 14.3. The topological polar surface area (TPSA) is 87.7 Å². The monoisotopic (exact) mass is 463 g/mol. The van der Waals surface area contributed by atoms with E-state index < -0.39 is 11.8 Å². The van der Waals surface area contributed by atoms with Gasteiger partial charge in [-0.25, -0.2) is 5.01 Å². The highest BCUT2D eigenvalue weighted by molar-refractivity contribution is 6.32. The predicted molar refractivity (Wildman–Crippen MR) is 135 cm³/mol. The first-order valence-corrected chi connectivity index (χ1v) is 11.0. The van der Waals surface area contributed by atoms with E-state index >= 15 is 0 Å². The van der Waals surface area contributed by atoms with Gasteiger partial charge in [-0.3, -0.25) is 19.8 Å². The SMILES string of the molecule is O=C(COc1ccc2ccccc2c1/C=C1/C(=O)NN(c2ccccc2)C1=O)Nc1ccccc1. The van der Waals surface area contributed by atoms with Gasteiger partial charge in [0.1, 0.15) is 11.3 Å². The van der Waals surface area contributed by atoms with Crippen LogP contribution in [0, 0.1) is 0 Å². The van der Waals surface area contributed by atoms with Gasteiger partial charge in [-0.05, 0) is 47.2 Å². The number of benzene rings is 4. The molecular formula is C28H21N3O4. The number of nitrogens with zero attached hydrogens (tertiary/aromatic N) is 1. The van der Waals surface area contributed by atoms with Gasteiger partial charge in [-0.2, -0.15) is 0 Å². The molecule has 0 radical (unpaired) electrons. The van der Waals surface area contributed by atoms with Crippen LogP contribution in [-0.4, -0.2) is 24.3 Å². The van der Waals surface area contributed by atoms with Gasteiger partial charge in [0.25, 0.3) is 17.7 Å². The van der Waals surface area contributed by atoms with Crippen LogP contribution in [0.15, 0.2) is 103 Å². The minimum Gasteiger partial charge on any atom is -0.483 e. The molecule has 1 saturated heterocycles. The molecular weight excluding hydrogens is 442 g/mol. The van der Waals surface area contributed by atoms with E-state index in [0.29, 0.717) is 22.7 Å². The fraction of sp³-hybridized carbons (Fsp3) is 0.0357. The number of hydrogen-bond acceptors (Lipinski definition) is 4. The summed E-state index contributed by atoms with van der Waals surface area (Å²) in [6.07, 6.45) is 1.52. The van der Waals surface area contributed by atoms with Gasteiger partial charge in [0.2, 0.25) is 0 Å². The number of ether oxygens (including phenoxy) is 1. The summed E-state index contributed by atoms with van der Waals surface area (Å²) in [7, 11) is 0. The Hall–Kier alpha value is -4.91. The number of rotatable bonds is 6. The molecule has 172 valence electrons. The summed E-state index contributed by atoms with van der Waals surface area (Å²) in [4.78, 5) is 38.3. The van der Waals surface area contributed by atoms with Crippen molar-refractivity contribution in [2.24, 2.45) is 0 Å². The fourth-order valence-corrected chi connectivity index (χ4v) is 3.87. The molecule has 1 aliphatic heterocycles. The zero-order valence-electron chi connectivity index (χ0n) is 18.6. The quantitative estimate of drug-likeness (QED) is 0.329. The largest absolute Gasteiger partial charge is 0.483 e. The highest BCUT2D eigenvalue weighted by atomic mass is 16.5. The molecule has 0 aromatic heterocycles. The number of fused-ring (bicyclic) bond motifs is 1. The summed E-state index contributed by atoms with van der Waals surface area (Å²) in [5.74, 6) is -0.924. The standard InChI is InChI=1S/C28H21N3O4/c32-26(29-20-10-3-1-4-11-20)18-35-25-16-15-19-9-7-8-14-22(19)23(25)17-24-27(33)30-31(28(24)34)21-12-5-2-6-13-21/h1-17H,18H2,(H,29,32)(H,30,33)/b24-17-. The number of carbonyl (C=O) groups excluding carboxylic acids is 3. The molecule has 4 aromatic rings. The molecule has 1 heterocycles. The van der Waals surface area contributed by atoms with E-state index in [2.05, 4.69) is 10.7 Å². The Labute approximate surface area is 201 Å². The molecule has 7 nitrogen and oxygen atoms in total. The smallest absolute Gasteiger partial charge is 0.282 e. The summed E-state index contributed by atoms with van der Waals surface area (Å²) in [6.45, 7) is -0.236. The van der Waals surface area contributed by atoms with Crippen LogP contribution in [0.4, 0.5) is 11.4 Å². The summed E-state index contributed by atoms with van der Waals surface area (Å²) in [5, 5.41) is 5.69. The maximum absolute atomic E-state index is 13.1. The average molecular weight is 463 g/mol. The number of hydrogen-bond donors (Lipinski definition) is 2. The second kappa shape index (κ2) is 9.52. The van der Waals surface area contributed by atoms with E-state index in [0.717, 1.165) is 10.8 Å². The van der Waals surface area contributed by atoms with Gasteiger partial charge in [-0.1, -0.05) is 66.7 Å². The molecule has 1 aliphatic rings. The third-order valence-electron chi connectivity index (χ3n) is 5.54. The number of carbonyl (C=O) groups is 3. The molecule has 0 bridgehead atoms. The molecule has 5 rings (SSSR count). The van der Waals surface area contributed by atoms with Gasteiger partial charge in [0.15, 0.2) is 6.61 Å². The molecule has 0 spiro atoms. The summed E-state index contributed by atoms with van der Waals surface area (Å²) in [5.41, 5.74) is 4.35. The molecule has 0 unspecified atom stereocenters. The minimum atomic E-state index is -0.514. The van der Waals surface area contributed by atoms with Gasteiger partial charge in [-0.15, -0.1) is 0 Å². The van der Waals surface area contributed by atoms with E-state index in [4.69, 9.17) is 4.74 Å². The summed E-state index contributed by atoms with van der Waals surface area (Å²) < 4.78 is 5.86. The molecule has 0 saturated carbocycles. The molecule has 35 heavy (non-hydrogen) atoms. The van der Waals surface area contributed by atoms with Crippen LogP contribution < -0.4 is 20.5 Å². The Morgan fingerprint density at radius 1 is 0.857 bits per heavy atom. The van der Waals surface area contributed by atoms with Crippen molar-refractivity contribution < 1.29 is 19.1 Å². The van der Waals surface area contributed by atoms with Crippen LogP contribution in [-0.2, 0) is 14.4 Å². The van der Waals surface area contributed by atoms with Crippen LogP contribution in [0.5, 0.6) is 5.75 Å². The maximum Gasteiger partial charge on any atom is 0.282 e. The van der Waals surface area contributed by atoms with E-state index in [1.165, 1.54) is 11.1 Å². The van der Waals surface area contributed by atoms with Gasteiger partial charge in [0.05, 0.1) is 5.69 Å². The van der Waals surface area contributed by atoms with Crippen molar-refractivity contribution in [1.82, 2.24) is 5.43 Å². The predicted octanol–water partition coefficient (Wildman–Crippen LogP) is 4.32. The molecule has 2 N–H and O–H groups in total. The molecule has 7 heteroatoms. The van der Waals surface area contributed by atoms with E-state index in [1.807, 2.05) is 54.6 Å². The fourth-order valence-electron chi connectivity index (χ4n) is 3.87. The van der Waals surface area contributed by atoms with Crippen LogP contribution in [0.3, 0.4) is 0 Å². The lowest BCUT2D eigenvalue weighted by atomic mass is 10.0. The first-order chi connectivity index (χ1) is 17.1. The minimum absolute atomic E-state index is 0.0243. The first-order valence-electron chi connectivity index (χ1n) is 11.0. The van der Waals surface area contributed by atoms with E-state index in [9.17, 15) is 14.4 Å². The van der Waals surface area contributed by atoms with Crippen molar-refractivity contribution in [3.63, 3.8) is 0 Å². The maximum atomic E-state index is 13.1. The Balaban J connectivity index is 1.46. The summed E-state index contributed by atoms with van der Waals surface area (Å²) in [6, 6.07) is 29.1. The Morgan fingerprint density at radius 2 is 1.54 bits per heavy atom. The number of hydrazine groups is 1. The van der Waals surface area contributed by atoms with Crippen LogP contribution in [0.25, 0.3) is 16.8 Å². The van der Waals surface area contributed by atoms with Crippen molar-refractivity contribution in [2.75, 3.05) is 16.9 Å². The molecule has 0 aliphatic carbocycles. The van der Waals surface area contributed by atoms with Crippen LogP contribution >= 0.6 is 0 Å². The second-order valence-electron chi connectivity index (χ2n) is 7.88. The number of nitrogens with one attached hydrogen (secondary N) is 2. The third kappa shape index (κ3) is 4.60. The molecule has 4 aromatic carbocycles. The van der Waals surface area contributed by atoms with E-state index in [-0.39, 0.29) is 18.1 Å². The zero-order valence-corrected chi connectivity index (χ0v) is 18.6. The van der Waals surface area contributed by atoms with Crippen molar-refractivity contribution in [3.05, 3.63) is 108 Å². The average Bonchev–Trinajstić information content (AvgIpc) is 3.17. The van der Waals surface area contributed by atoms with Crippen molar-refractivity contribution >= 4 is 45.9 Å². The van der Waals surface area contributed by atoms with Gasteiger partial charge >= 0.3 is 0 Å². The van der Waals surface area contributed by atoms with Crippen LogP contribution in [0.1, 0.15) is 5.56 Å². The van der Waals surface area contributed by atoms with Crippen molar-refractivity contribution in [3.8, 4) is 5.75 Å². The van der Waals surface area contributed by atoms with Crippen molar-refractivity contribution in [2.45, 2.75) is 0 Å². The van der Waals surface area contributed by atoms with Gasteiger partial charge < -0.3 is 10.1 Å². The Kier molecular flexibility index (Phi) is 5.96. The first kappa shape index (κ1) is 21.9. The third-order valence-corrected chi connectivity index (χ3v) is 5.54. The highest BCUT2D eigenvalue weighted by Crippen LogP contribution is 2.32. The number of para-hydroxylation sites is 2. The highest BCUT2D eigenvalue weighted by Gasteiger charge is 2.34. The lowest BCUT2D eigenvalue weighted by molar-refractivity contribution is -0.118. The molecule has 1 fully saturated rings. The van der Waals surface area contributed by atoms with Crippen molar-refractivity contribution in [1.29, 1.82) is 0 Å². The van der Waals surface area contributed by atoms with E-state index in [1.54, 1.807) is 42.5 Å². The molecule has 3 amide bonds. The number of amides is 3. The second-order valence-corrected chi connectivity index (χ2v) is 7.88. The Morgan fingerprint density at radius 3 is 2.31 bits per heavy atom. The Bertz CT molecular complexity index is 1450. The molecule has 0 atom stereocenters.